The topological polar surface area (TPSA) is 59.4 Å². The molecule has 1 amide bonds. The smallest absolute Gasteiger partial charge is 0.228 e. The van der Waals surface area contributed by atoms with Crippen molar-refractivity contribution < 1.29 is 9.53 Å². The quantitative estimate of drug-likeness (QED) is 0.353. The van der Waals surface area contributed by atoms with Crippen molar-refractivity contribution in [3.63, 3.8) is 0 Å². The van der Waals surface area contributed by atoms with Crippen LogP contribution >= 0.6 is 11.6 Å². The van der Waals surface area contributed by atoms with Crippen molar-refractivity contribution >= 4 is 34.1 Å². The van der Waals surface area contributed by atoms with Crippen LogP contribution in [0.4, 0.5) is 5.69 Å². The molecule has 1 saturated heterocycles. The van der Waals surface area contributed by atoms with Crippen molar-refractivity contribution in [2.75, 3.05) is 25.0 Å². The number of halogens is 1. The molecule has 1 N–H and O–H groups in total. The number of likely N-dealkylation sites (tertiary alicyclic amines) is 1. The van der Waals surface area contributed by atoms with Gasteiger partial charge in [0.1, 0.15) is 11.5 Å². The lowest BCUT2D eigenvalue weighted by atomic mass is 10.1. The number of nitrogens with one attached hydrogen (secondary N) is 1. The number of carbonyl (C=O) groups excluding carboxylic acids is 1. The van der Waals surface area contributed by atoms with Gasteiger partial charge in [-0.05, 0) is 74.0 Å². The van der Waals surface area contributed by atoms with Gasteiger partial charge >= 0.3 is 0 Å². The molecule has 7 heteroatoms. The van der Waals surface area contributed by atoms with Crippen LogP contribution in [0.1, 0.15) is 18.4 Å². The van der Waals surface area contributed by atoms with Crippen LogP contribution in [-0.2, 0) is 17.8 Å². The second-order valence-corrected chi connectivity index (χ2v) is 8.94. The summed E-state index contributed by atoms with van der Waals surface area (Å²) >= 11 is 6.36. The van der Waals surface area contributed by atoms with Gasteiger partial charge in [-0.1, -0.05) is 41.9 Å². The first-order valence-corrected chi connectivity index (χ1v) is 12.0. The van der Waals surface area contributed by atoms with Crippen LogP contribution in [-0.4, -0.2) is 40.2 Å². The van der Waals surface area contributed by atoms with Crippen molar-refractivity contribution in [1.29, 1.82) is 0 Å². The highest BCUT2D eigenvalue weighted by Gasteiger charge is 2.14. The molecule has 2 heterocycles. The van der Waals surface area contributed by atoms with Gasteiger partial charge in [0.25, 0.3) is 0 Å². The average molecular weight is 475 g/mol. The Labute approximate surface area is 204 Å². The largest absolute Gasteiger partial charge is 0.457 e. The third-order valence-corrected chi connectivity index (χ3v) is 6.36. The summed E-state index contributed by atoms with van der Waals surface area (Å²) < 4.78 is 7.76. The van der Waals surface area contributed by atoms with E-state index < -0.39 is 0 Å². The van der Waals surface area contributed by atoms with E-state index in [0.717, 1.165) is 59.8 Å². The van der Waals surface area contributed by atoms with Crippen LogP contribution < -0.4 is 10.1 Å². The van der Waals surface area contributed by atoms with E-state index in [4.69, 9.17) is 16.3 Å². The predicted octanol–water partition coefficient (Wildman–Crippen LogP) is 5.76. The van der Waals surface area contributed by atoms with E-state index in [1.807, 2.05) is 77.5 Å². The maximum Gasteiger partial charge on any atom is 0.228 e. The molecule has 1 aliphatic heterocycles. The number of amides is 1. The monoisotopic (exact) mass is 474 g/mol. The number of fused-ring (bicyclic) bond motifs is 1. The van der Waals surface area contributed by atoms with E-state index in [0.29, 0.717) is 5.15 Å². The molecule has 4 aromatic rings. The number of hydrogen-bond donors (Lipinski definition) is 1. The second-order valence-electron chi connectivity index (χ2n) is 8.58. The Morgan fingerprint density at radius 2 is 1.68 bits per heavy atom. The highest BCUT2D eigenvalue weighted by Crippen LogP contribution is 2.26. The Morgan fingerprint density at radius 1 is 0.941 bits per heavy atom. The van der Waals surface area contributed by atoms with Gasteiger partial charge in [-0.2, -0.15) is 5.10 Å². The normalized spacial score (nSPS) is 13.9. The number of nitrogens with zero attached hydrogens (tertiary/aromatic N) is 3. The Kier molecular flexibility index (Phi) is 6.79. The zero-order valence-corrected chi connectivity index (χ0v) is 19.7. The van der Waals surface area contributed by atoms with Crippen LogP contribution in [0.25, 0.3) is 10.9 Å². The van der Waals surface area contributed by atoms with E-state index in [9.17, 15) is 4.79 Å². The van der Waals surface area contributed by atoms with Gasteiger partial charge < -0.3 is 15.0 Å². The third-order valence-electron chi connectivity index (χ3n) is 6.08. The number of rotatable bonds is 8. The van der Waals surface area contributed by atoms with Crippen LogP contribution in [0.3, 0.4) is 0 Å². The van der Waals surface area contributed by atoms with Gasteiger partial charge in [0.15, 0.2) is 5.15 Å². The standard InChI is InChI=1S/C27H27ClN4O2/c28-27-24-13-10-21(19-25(24)32(30-27)17-16-31-14-4-5-15-31)29-26(33)18-20-8-11-23(12-9-20)34-22-6-2-1-3-7-22/h1-3,6-13,19H,4-5,14-18H2,(H,29,33). The summed E-state index contributed by atoms with van der Waals surface area (Å²) in [4.78, 5) is 15.1. The summed E-state index contributed by atoms with van der Waals surface area (Å²) in [5.74, 6) is 1.44. The number of ether oxygens (including phenoxy) is 1. The molecule has 0 radical (unpaired) electrons. The van der Waals surface area contributed by atoms with Crippen molar-refractivity contribution in [3.05, 3.63) is 83.5 Å². The Morgan fingerprint density at radius 3 is 2.44 bits per heavy atom. The molecular weight excluding hydrogens is 448 g/mol. The van der Waals surface area contributed by atoms with Crippen molar-refractivity contribution in [1.82, 2.24) is 14.7 Å². The molecule has 0 atom stereocenters. The molecule has 0 bridgehead atoms. The molecule has 1 aromatic heterocycles. The summed E-state index contributed by atoms with van der Waals surface area (Å²) in [5.41, 5.74) is 2.59. The fraction of sp³-hybridized carbons (Fsp3) is 0.259. The highest BCUT2D eigenvalue weighted by atomic mass is 35.5. The summed E-state index contributed by atoms with van der Waals surface area (Å²) in [5, 5.41) is 8.90. The lowest BCUT2D eigenvalue weighted by Gasteiger charge is -2.14. The van der Waals surface area contributed by atoms with Gasteiger partial charge in [-0.25, -0.2) is 0 Å². The molecule has 1 fully saturated rings. The lowest BCUT2D eigenvalue weighted by molar-refractivity contribution is -0.115. The van der Waals surface area contributed by atoms with Gasteiger partial charge in [0.2, 0.25) is 5.91 Å². The maximum absolute atomic E-state index is 12.7. The molecule has 0 aliphatic carbocycles. The molecule has 0 unspecified atom stereocenters. The van der Waals surface area contributed by atoms with Crippen LogP contribution in [0.2, 0.25) is 5.15 Å². The predicted molar refractivity (Wildman–Crippen MR) is 136 cm³/mol. The zero-order chi connectivity index (χ0) is 23.3. The lowest BCUT2D eigenvalue weighted by Crippen LogP contribution is -2.24. The molecule has 0 saturated carbocycles. The van der Waals surface area contributed by atoms with E-state index in [2.05, 4.69) is 15.3 Å². The highest BCUT2D eigenvalue weighted by molar-refractivity contribution is 6.34. The first-order valence-electron chi connectivity index (χ1n) is 11.6. The summed E-state index contributed by atoms with van der Waals surface area (Å²) in [6.45, 7) is 4.02. The Hall–Kier alpha value is -3.35. The number of carbonyl (C=O) groups is 1. The molecule has 0 spiro atoms. The third kappa shape index (κ3) is 5.41. The van der Waals surface area contributed by atoms with E-state index in [-0.39, 0.29) is 12.3 Å². The molecule has 6 nitrogen and oxygen atoms in total. The van der Waals surface area contributed by atoms with E-state index in [1.54, 1.807) is 0 Å². The summed E-state index contributed by atoms with van der Waals surface area (Å²) in [6.07, 6.45) is 2.80. The molecular formula is C27H27ClN4O2. The van der Waals surface area contributed by atoms with E-state index in [1.165, 1.54) is 12.8 Å². The van der Waals surface area contributed by atoms with Crippen LogP contribution in [0.5, 0.6) is 11.5 Å². The Bertz CT molecular complexity index is 1270. The zero-order valence-electron chi connectivity index (χ0n) is 18.9. The minimum Gasteiger partial charge on any atom is -0.457 e. The Balaban J connectivity index is 1.22. The van der Waals surface area contributed by atoms with Crippen LogP contribution in [0.15, 0.2) is 72.8 Å². The average Bonchev–Trinajstić information content (AvgIpc) is 3.47. The molecule has 34 heavy (non-hydrogen) atoms. The van der Waals surface area contributed by atoms with E-state index >= 15 is 0 Å². The second kappa shape index (κ2) is 10.3. The van der Waals surface area contributed by atoms with Gasteiger partial charge in [-0.3, -0.25) is 9.48 Å². The maximum atomic E-state index is 12.7. The number of aromatic nitrogens is 2. The first-order chi connectivity index (χ1) is 16.6. The first kappa shape index (κ1) is 22.4. The van der Waals surface area contributed by atoms with Crippen LogP contribution in [0, 0.1) is 0 Å². The minimum absolute atomic E-state index is 0.0784. The van der Waals surface area contributed by atoms with Gasteiger partial charge in [0, 0.05) is 17.6 Å². The fourth-order valence-electron chi connectivity index (χ4n) is 4.31. The number of hydrogen-bond acceptors (Lipinski definition) is 4. The minimum atomic E-state index is -0.0784. The fourth-order valence-corrected chi connectivity index (χ4v) is 4.57. The van der Waals surface area contributed by atoms with Gasteiger partial charge in [0.05, 0.1) is 18.5 Å². The molecule has 3 aromatic carbocycles. The summed E-state index contributed by atoms with van der Waals surface area (Å²) in [7, 11) is 0. The van der Waals surface area contributed by atoms with Crippen molar-refractivity contribution in [2.24, 2.45) is 0 Å². The molecule has 1 aliphatic rings. The SMILES string of the molecule is O=C(Cc1ccc(Oc2ccccc2)cc1)Nc1ccc2c(Cl)nn(CCN3CCCC3)c2c1. The number of benzene rings is 3. The molecule has 174 valence electrons. The molecule has 5 rings (SSSR count). The van der Waals surface area contributed by atoms with Crippen molar-refractivity contribution in [3.8, 4) is 11.5 Å². The van der Waals surface area contributed by atoms with Gasteiger partial charge in [-0.15, -0.1) is 0 Å². The van der Waals surface area contributed by atoms with Crippen molar-refractivity contribution in [2.45, 2.75) is 25.8 Å². The number of para-hydroxylation sites is 1. The number of anilines is 1. The summed E-state index contributed by atoms with van der Waals surface area (Å²) in [6, 6.07) is 22.9.